The number of carbonyl (C=O) groups excluding carboxylic acids is 1. The lowest BCUT2D eigenvalue weighted by molar-refractivity contribution is -0.144. The van der Waals surface area contributed by atoms with E-state index in [-0.39, 0.29) is 12.1 Å². The molecular formula is C30H42N2O5. The van der Waals surface area contributed by atoms with Gasteiger partial charge in [-0.3, -0.25) is 4.90 Å². The molecule has 7 nitrogen and oxygen atoms in total. The highest BCUT2D eigenvalue weighted by Gasteiger charge is 2.58. The van der Waals surface area contributed by atoms with Crippen molar-refractivity contribution in [2.45, 2.75) is 85.2 Å². The summed E-state index contributed by atoms with van der Waals surface area (Å²) in [5.41, 5.74) is 2.62. The molecule has 0 bridgehead atoms. The Morgan fingerprint density at radius 1 is 1.05 bits per heavy atom. The SMILES string of the molecule is COc1ccc(C(C)C)cc1CNC1C(c2ccccc2)N(C(=O)OC(C)C)C(C(=O)O)C1C(C)(C)C. The van der Waals surface area contributed by atoms with Crippen LogP contribution in [0.2, 0.25) is 0 Å². The molecule has 1 heterocycles. The first-order valence-electron chi connectivity index (χ1n) is 13.0. The number of hydrogen-bond acceptors (Lipinski definition) is 5. The van der Waals surface area contributed by atoms with Gasteiger partial charge in [0.05, 0.1) is 19.3 Å². The second kappa shape index (κ2) is 11.5. The van der Waals surface area contributed by atoms with E-state index >= 15 is 0 Å². The molecule has 1 aliphatic rings. The number of carboxylic acids is 1. The highest BCUT2D eigenvalue weighted by Crippen LogP contribution is 2.48. The van der Waals surface area contributed by atoms with Crippen LogP contribution in [0.4, 0.5) is 4.79 Å². The van der Waals surface area contributed by atoms with Gasteiger partial charge >= 0.3 is 12.1 Å². The topological polar surface area (TPSA) is 88.1 Å². The minimum Gasteiger partial charge on any atom is -0.496 e. The lowest BCUT2D eigenvalue weighted by Crippen LogP contribution is -2.48. The van der Waals surface area contributed by atoms with Gasteiger partial charge in [-0.25, -0.2) is 9.59 Å². The lowest BCUT2D eigenvalue weighted by atomic mass is 9.72. The Kier molecular flexibility index (Phi) is 8.90. The normalized spacial score (nSPS) is 21.9. The second-order valence-electron chi connectivity index (χ2n) is 11.5. The van der Waals surface area contributed by atoms with Crippen molar-refractivity contribution in [1.82, 2.24) is 10.2 Å². The summed E-state index contributed by atoms with van der Waals surface area (Å²) in [6.07, 6.45) is -0.990. The van der Waals surface area contributed by atoms with Gasteiger partial charge in [0.1, 0.15) is 11.8 Å². The van der Waals surface area contributed by atoms with Crippen molar-refractivity contribution >= 4 is 12.1 Å². The molecule has 0 aliphatic carbocycles. The van der Waals surface area contributed by atoms with Crippen LogP contribution in [-0.4, -0.2) is 47.4 Å². The quantitative estimate of drug-likeness (QED) is 0.453. The van der Waals surface area contributed by atoms with Crippen molar-refractivity contribution in [2.24, 2.45) is 11.3 Å². The molecule has 0 radical (unpaired) electrons. The van der Waals surface area contributed by atoms with Crippen LogP contribution in [-0.2, 0) is 16.1 Å². The largest absolute Gasteiger partial charge is 0.496 e. The molecule has 2 aromatic carbocycles. The summed E-state index contributed by atoms with van der Waals surface area (Å²) < 4.78 is 11.2. The average Bonchev–Trinajstić information content (AvgIpc) is 3.18. The Labute approximate surface area is 221 Å². The molecule has 0 aromatic heterocycles. The van der Waals surface area contributed by atoms with Crippen LogP contribution in [0.15, 0.2) is 48.5 Å². The van der Waals surface area contributed by atoms with Gasteiger partial charge in [-0.2, -0.15) is 0 Å². The van der Waals surface area contributed by atoms with E-state index in [9.17, 15) is 14.7 Å². The van der Waals surface area contributed by atoms with E-state index in [2.05, 4.69) is 31.3 Å². The number of likely N-dealkylation sites (tertiary alicyclic amines) is 1. The third-order valence-corrected chi connectivity index (χ3v) is 7.11. The zero-order valence-electron chi connectivity index (χ0n) is 23.3. The maximum atomic E-state index is 13.5. The second-order valence-corrected chi connectivity index (χ2v) is 11.5. The summed E-state index contributed by atoms with van der Waals surface area (Å²) in [7, 11) is 1.65. The van der Waals surface area contributed by atoms with Gasteiger partial charge in [-0.05, 0) is 42.4 Å². The first kappa shape index (κ1) is 28.5. The van der Waals surface area contributed by atoms with E-state index in [0.717, 1.165) is 16.9 Å². The molecule has 0 saturated carbocycles. The fourth-order valence-electron chi connectivity index (χ4n) is 5.47. The molecule has 202 valence electrons. The van der Waals surface area contributed by atoms with Crippen LogP contribution in [0.1, 0.15) is 77.1 Å². The van der Waals surface area contributed by atoms with Crippen molar-refractivity contribution in [2.75, 3.05) is 7.11 Å². The molecular weight excluding hydrogens is 468 g/mol. The molecule has 4 unspecified atom stereocenters. The monoisotopic (exact) mass is 510 g/mol. The molecule has 2 aromatic rings. The number of carbonyl (C=O) groups is 2. The molecule has 4 atom stereocenters. The van der Waals surface area contributed by atoms with Crippen LogP contribution < -0.4 is 10.1 Å². The van der Waals surface area contributed by atoms with Crippen molar-refractivity contribution < 1.29 is 24.2 Å². The number of ether oxygens (including phenoxy) is 2. The number of nitrogens with one attached hydrogen (secondary N) is 1. The summed E-state index contributed by atoms with van der Waals surface area (Å²) in [5.74, 6) is -0.308. The Morgan fingerprint density at radius 2 is 1.70 bits per heavy atom. The number of aliphatic carboxylic acids is 1. The first-order chi connectivity index (χ1) is 17.4. The Hall–Kier alpha value is -3.06. The van der Waals surface area contributed by atoms with E-state index < -0.39 is 35.5 Å². The number of methoxy groups -OCH3 is 1. The summed E-state index contributed by atoms with van der Waals surface area (Å²) >= 11 is 0. The van der Waals surface area contributed by atoms with Gasteiger partial charge in [-0.1, -0.05) is 77.1 Å². The van der Waals surface area contributed by atoms with Crippen molar-refractivity contribution in [1.29, 1.82) is 0 Å². The molecule has 1 saturated heterocycles. The molecule has 1 amide bonds. The number of nitrogens with zero attached hydrogens (tertiary/aromatic N) is 1. The molecule has 1 fully saturated rings. The minimum absolute atomic E-state index is 0.351. The minimum atomic E-state index is -1.06. The molecule has 37 heavy (non-hydrogen) atoms. The predicted molar refractivity (Wildman–Crippen MR) is 145 cm³/mol. The van der Waals surface area contributed by atoms with Crippen LogP contribution in [0.3, 0.4) is 0 Å². The number of amides is 1. The maximum Gasteiger partial charge on any atom is 0.411 e. The van der Waals surface area contributed by atoms with Crippen LogP contribution in [0, 0.1) is 11.3 Å². The molecule has 1 aliphatic heterocycles. The number of benzene rings is 2. The van der Waals surface area contributed by atoms with Gasteiger partial charge in [0.25, 0.3) is 0 Å². The van der Waals surface area contributed by atoms with E-state index in [1.807, 2.05) is 57.2 Å². The smallest absolute Gasteiger partial charge is 0.411 e. The van der Waals surface area contributed by atoms with E-state index in [4.69, 9.17) is 9.47 Å². The lowest BCUT2D eigenvalue weighted by Gasteiger charge is -2.35. The number of hydrogen-bond donors (Lipinski definition) is 2. The number of rotatable bonds is 8. The molecule has 2 N–H and O–H groups in total. The highest BCUT2D eigenvalue weighted by atomic mass is 16.6. The van der Waals surface area contributed by atoms with Crippen LogP contribution in [0.25, 0.3) is 0 Å². The standard InChI is InChI=1S/C30H42N2O5/c1-18(2)21-14-15-23(36-8)22(16-21)17-31-25-24(30(5,6)7)27(28(33)34)32(29(35)37-19(3)4)26(25)20-12-10-9-11-13-20/h9-16,18-19,24-27,31H,17H2,1-8H3,(H,33,34). The van der Waals surface area contributed by atoms with Gasteiger partial charge in [0, 0.05) is 24.1 Å². The van der Waals surface area contributed by atoms with E-state index in [1.165, 1.54) is 10.5 Å². The summed E-state index contributed by atoms with van der Waals surface area (Å²) in [4.78, 5) is 27.7. The third kappa shape index (κ3) is 6.27. The van der Waals surface area contributed by atoms with E-state index in [1.54, 1.807) is 21.0 Å². The third-order valence-electron chi connectivity index (χ3n) is 7.11. The Balaban J connectivity index is 2.13. The van der Waals surface area contributed by atoms with E-state index in [0.29, 0.717) is 12.5 Å². The van der Waals surface area contributed by atoms with Crippen molar-refractivity contribution in [3.05, 3.63) is 65.2 Å². The zero-order chi connectivity index (χ0) is 27.5. The van der Waals surface area contributed by atoms with Crippen molar-refractivity contribution in [3.63, 3.8) is 0 Å². The molecule has 3 rings (SSSR count). The van der Waals surface area contributed by atoms with Gasteiger partial charge < -0.3 is 19.9 Å². The Bertz CT molecular complexity index is 1080. The van der Waals surface area contributed by atoms with Gasteiger partial charge in [-0.15, -0.1) is 0 Å². The first-order valence-corrected chi connectivity index (χ1v) is 13.0. The predicted octanol–water partition coefficient (Wildman–Crippen LogP) is 5.99. The zero-order valence-corrected chi connectivity index (χ0v) is 23.3. The highest BCUT2D eigenvalue weighted by molar-refractivity contribution is 5.82. The fraction of sp³-hybridized carbons (Fsp3) is 0.533. The average molecular weight is 511 g/mol. The van der Waals surface area contributed by atoms with Gasteiger partial charge in [0.15, 0.2) is 0 Å². The van der Waals surface area contributed by atoms with Crippen molar-refractivity contribution in [3.8, 4) is 5.75 Å². The fourth-order valence-corrected chi connectivity index (χ4v) is 5.47. The summed E-state index contributed by atoms with van der Waals surface area (Å²) in [6, 6.07) is 13.9. The van der Waals surface area contributed by atoms with Crippen LogP contribution >= 0.6 is 0 Å². The van der Waals surface area contributed by atoms with Gasteiger partial charge in [0.2, 0.25) is 0 Å². The molecule has 7 heteroatoms. The van der Waals surface area contributed by atoms with Crippen LogP contribution in [0.5, 0.6) is 5.75 Å². The number of carboxylic acid groups (broad SMARTS) is 1. The Morgan fingerprint density at radius 3 is 2.22 bits per heavy atom. The molecule has 0 spiro atoms. The summed E-state index contributed by atoms with van der Waals surface area (Å²) in [6.45, 7) is 14.4. The maximum absolute atomic E-state index is 13.5. The summed E-state index contributed by atoms with van der Waals surface area (Å²) in [5, 5.41) is 14.1.